The number of anilines is 1. The lowest BCUT2D eigenvalue weighted by Crippen LogP contribution is -2.29. The standard InChI is InChI=1S/C28H32N4O5/c1-17-8-9-20(14-24(17)37-21-10-11-30-23(15-21)28(34)29-3)31-32-27(33)7-5-6-19-13-22(26-16-36-26)18(2)12-25(19)35-4/h8-15,26,31H,5-7,16H2,1-4H3,(H,29,34)(H,32,33). The number of carbonyl (C=O) groups is 2. The smallest absolute Gasteiger partial charge is 0.269 e. The number of pyridine rings is 1. The van der Waals surface area contributed by atoms with E-state index < -0.39 is 0 Å². The Balaban J connectivity index is 1.31. The first-order chi connectivity index (χ1) is 17.9. The van der Waals surface area contributed by atoms with Crippen molar-refractivity contribution < 1.29 is 23.8 Å². The van der Waals surface area contributed by atoms with E-state index in [-0.39, 0.29) is 23.6 Å². The average Bonchev–Trinajstić information content (AvgIpc) is 3.75. The maximum absolute atomic E-state index is 12.5. The molecular weight excluding hydrogens is 472 g/mol. The molecule has 3 aromatic rings. The highest BCUT2D eigenvalue weighted by Gasteiger charge is 2.27. The van der Waals surface area contributed by atoms with Crippen LogP contribution in [0.25, 0.3) is 0 Å². The number of hydrogen-bond acceptors (Lipinski definition) is 7. The number of hydrazine groups is 1. The SMILES string of the molecule is CNC(=O)c1cc(Oc2cc(NNC(=O)CCCc3cc(C4CO4)c(C)cc3OC)ccc2C)ccn1. The molecule has 1 atom stereocenters. The lowest BCUT2D eigenvalue weighted by Gasteiger charge is -2.14. The van der Waals surface area contributed by atoms with Gasteiger partial charge in [-0.05, 0) is 73.2 Å². The van der Waals surface area contributed by atoms with Crippen molar-refractivity contribution in [3.8, 4) is 17.2 Å². The molecule has 1 saturated heterocycles. The number of epoxide rings is 1. The van der Waals surface area contributed by atoms with Crippen molar-refractivity contribution in [2.24, 2.45) is 0 Å². The molecule has 1 aromatic heterocycles. The first-order valence-corrected chi connectivity index (χ1v) is 12.2. The molecule has 9 nitrogen and oxygen atoms in total. The van der Waals surface area contributed by atoms with Gasteiger partial charge in [0.2, 0.25) is 5.91 Å². The summed E-state index contributed by atoms with van der Waals surface area (Å²) in [6, 6.07) is 12.9. The molecule has 194 valence electrons. The van der Waals surface area contributed by atoms with Crippen molar-refractivity contribution in [2.45, 2.75) is 39.2 Å². The molecule has 0 spiro atoms. The third-order valence-corrected chi connectivity index (χ3v) is 6.15. The molecule has 1 unspecified atom stereocenters. The van der Waals surface area contributed by atoms with E-state index in [1.807, 2.05) is 25.1 Å². The molecule has 2 heterocycles. The van der Waals surface area contributed by atoms with E-state index in [4.69, 9.17) is 14.2 Å². The van der Waals surface area contributed by atoms with Crippen LogP contribution in [0.2, 0.25) is 0 Å². The number of benzene rings is 2. The maximum Gasteiger partial charge on any atom is 0.269 e. The van der Waals surface area contributed by atoms with E-state index in [1.165, 1.54) is 11.8 Å². The topological polar surface area (TPSA) is 114 Å². The molecule has 37 heavy (non-hydrogen) atoms. The van der Waals surface area contributed by atoms with Crippen LogP contribution in [0.3, 0.4) is 0 Å². The van der Waals surface area contributed by atoms with E-state index in [0.29, 0.717) is 30.0 Å². The van der Waals surface area contributed by atoms with E-state index in [9.17, 15) is 9.59 Å². The summed E-state index contributed by atoms with van der Waals surface area (Å²) in [4.78, 5) is 28.4. The molecule has 1 aliphatic heterocycles. The van der Waals surface area contributed by atoms with Gasteiger partial charge in [-0.1, -0.05) is 6.07 Å². The Morgan fingerprint density at radius 1 is 1.08 bits per heavy atom. The number of amides is 2. The minimum atomic E-state index is -0.293. The zero-order valence-electron chi connectivity index (χ0n) is 21.5. The monoisotopic (exact) mass is 504 g/mol. The van der Waals surface area contributed by atoms with E-state index in [2.05, 4.69) is 34.1 Å². The first kappa shape index (κ1) is 26.0. The summed E-state index contributed by atoms with van der Waals surface area (Å²) >= 11 is 0. The highest BCUT2D eigenvalue weighted by atomic mass is 16.6. The van der Waals surface area contributed by atoms with Crippen molar-refractivity contribution >= 4 is 17.5 Å². The zero-order valence-corrected chi connectivity index (χ0v) is 21.5. The summed E-state index contributed by atoms with van der Waals surface area (Å²) in [5.41, 5.74) is 11.0. The third-order valence-electron chi connectivity index (χ3n) is 6.15. The molecule has 0 saturated carbocycles. The number of carbonyl (C=O) groups excluding carboxylic acids is 2. The fourth-order valence-electron chi connectivity index (χ4n) is 3.99. The summed E-state index contributed by atoms with van der Waals surface area (Å²) in [7, 11) is 3.21. The van der Waals surface area contributed by atoms with Gasteiger partial charge in [-0.25, -0.2) is 0 Å². The van der Waals surface area contributed by atoms with Crippen LogP contribution in [0.5, 0.6) is 17.2 Å². The quantitative estimate of drug-likeness (QED) is 0.262. The van der Waals surface area contributed by atoms with Crippen LogP contribution in [0.4, 0.5) is 5.69 Å². The molecule has 4 rings (SSSR count). The molecule has 1 fully saturated rings. The van der Waals surface area contributed by atoms with Gasteiger partial charge in [-0.3, -0.25) is 25.4 Å². The van der Waals surface area contributed by atoms with Gasteiger partial charge in [0.25, 0.3) is 5.91 Å². The van der Waals surface area contributed by atoms with Crippen LogP contribution in [-0.2, 0) is 16.0 Å². The average molecular weight is 505 g/mol. The summed E-state index contributed by atoms with van der Waals surface area (Å²) in [6.45, 7) is 4.73. The minimum absolute atomic E-state index is 0.121. The number of nitrogens with one attached hydrogen (secondary N) is 3. The number of methoxy groups -OCH3 is 1. The van der Waals surface area contributed by atoms with Crippen LogP contribution >= 0.6 is 0 Å². The second-order valence-corrected chi connectivity index (χ2v) is 8.91. The van der Waals surface area contributed by atoms with Gasteiger partial charge in [0.15, 0.2) is 0 Å². The predicted molar refractivity (Wildman–Crippen MR) is 140 cm³/mol. The maximum atomic E-state index is 12.5. The van der Waals surface area contributed by atoms with Crippen LogP contribution in [0.1, 0.15) is 51.7 Å². The highest BCUT2D eigenvalue weighted by Crippen LogP contribution is 2.36. The van der Waals surface area contributed by atoms with E-state index in [1.54, 1.807) is 32.4 Å². The van der Waals surface area contributed by atoms with Crippen molar-refractivity contribution in [1.29, 1.82) is 0 Å². The van der Waals surface area contributed by atoms with Crippen molar-refractivity contribution in [1.82, 2.24) is 15.7 Å². The summed E-state index contributed by atoms with van der Waals surface area (Å²) in [6.07, 6.45) is 3.45. The Morgan fingerprint density at radius 3 is 2.62 bits per heavy atom. The van der Waals surface area contributed by atoms with Gasteiger partial charge in [-0.2, -0.15) is 0 Å². The van der Waals surface area contributed by atoms with Gasteiger partial charge in [0.1, 0.15) is 29.0 Å². The zero-order chi connectivity index (χ0) is 26.4. The Labute approximate surface area is 216 Å². The molecule has 9 heteroatoms. The van der Waals surface area contributed by atoms with Crippen molar-refractivity contribution in [3.05, 3.63) is 76.6 Å². The first-order valence-electron chi connectivity index (χ1n) is 12.2. The van der Waals surface area contributed by atoms with Crippen LogP contribution in [0, 0.1) is 13.8 Å². The Bertz CT molecular complexity index is 1290. The number of nitrogens with zero attached hydrogens (tertiary/aromatic N) is 1. The summed E-state index contributed by atoms with van der Waals surface area (Å²) in [5, 5.41) is 2.54. The number of aryl methyl sites for hydroxylation is 3. The number of hydrogen-bond donors (Lipinski definition) is 3. The van der Waals surface area contributed by atoms with Crippen LogP contribution < -0.4 is 25.6 Å². The van der Waals surface area contributed by atoms with Gasteiger partial charge >= 0.3 is 0 Å². The van der Waals surface area contributed by atoms with Crippen LogP contribution in [-0.4, -0.2) is 37.6 Å². The number of aromatic nitrogens is 1. The summed E-state index contributed by atoms with van der Waals surface area (Å²) in [5.74, 6) is 1.50. The largest absolute Gasteiger partial charge is 0.496 e. The van der Waals surface area contributed by atoms with E-state index >= 15 is 0 Å². The Kier molecular flexibility index (Phi) is 8.25. The Hall–Kier alpha value is -4.11. The lowest BCUT2D eigenvalue weighted by molar-refractivity contribution is -0.120. The van der Waals surface area contributed by atoms with Gasteiger partial charge < -0.3 is 19.5 Å². The lowest BCUT2D eigenvalue weighted by atomic mass is 9.98. The number of ether oxygens (including phenoxy) is 3. The minimum Gasteiger partial charge on any atom is -0.496 e. The Morgan fingerprint density at radius 2 is 1.89 bits per heavy atom. The second kappa shape index (κ2) is 11.7. The number of rotatable bonds is 11. The van der Waals surface area contributed by atoms with E-state index in [0.717, 1.165) is 35.5 Å². The molecule has 2 amide bonds. The van der Waals surface area contributed by atoms with Crippen LogP contribution in [0.15, 0.2) is 48.7 Å². The highest BCUT2D eigenvalue weighted by molar-refractivity contribution is 5.92. The second-order valence-electron chi connectivity index (χ2n) is 8.91. The molecule has 2 aromatic carbocycles. The third kappa shape index (κ3) is 6.77. The molecular formula is C28H32N4O5. The fourth-order valence-corrected chi connectivity index (χ4v) is 3.99. The normalized spacial score (nSPS) is 14.0. The van der Waals surface area contributed by atoms with Crippen molar-refractivity contribution in [3.63, 3.8) is 0 Å². The molecule has 0 bridgehead atoms. The summed E-state index contributed by atoms with van der Waals surface area (Å²) < 4.78 is 17.0. The van der Waals surface area contributed by atoms with Gasteiger partial charge in [-0.15, -0.1) is 0 Å². The van der Waals surface area contributed by atoms with Gasteiger partial charge in [0.05, 0.1) is 19.4 Å². The molecule has 0 aliphatic carbocycles. The fraction of sp³-hybridized carbons (Fsp3) is 0.321. The molecule has 0 radical (unpaired) electrons. The molecule has 3 N–H and O–H groups in total. The van der Waals surface area contributed by atoms with Crippen molar-refractivity contribution in [2.75, 3.05) is 26.2 Å². The molecule has 1 aliphatic rings. The van der Waals surface area contributed by atoms with Gasteiger partial charge in [0, 0.05) is 31.8 Å². The predicted octanol–water partition coefficient (Wildman–Crippen LogP) is 4.40.